The minimum Gasteiger partial charge on any atom is -0.490 e. The zero-order valence-electron chi connectivity index (χ0n) is 19.1. The van der Waals surface area contributed by atoms with E-state index < -0.39 is 0 Å². The third-order valence-electron chi connectivity index (χ3n) is 6.05. The van der Waals surface area contributed by atoms with Crippen molar-refractivity contribution in [3.05, 3.63) is 58.6 Å². The molecule has 0 saturated carbocycles. The second kappa shape index (κ2) is 10.6. The molecule has 4 rings (SSSR count). The Morgan fingerprint density at radius 3 is 2.59 bits per heavy atom. The molecule has 5 nitrogen and oxygen atoms in total. The average molecular weight is 457 g/mol. The smallest absolute Gasteiger partial charge is 0.227 e. The molecule has 1 fully saturated rings. The fraction of sp³-hybridized carbons (Fsp3) is 0.500. The summed E-state index contributed by atoms with van der Waals surface area (Å²) < 4.78 is 11.6. The maximum atomic E-state index is 13.5. The molecule has 172 valence electrons. The van der Waals surface area contributed by atoms with E-state index in [1.807, 2.05) is 23.1 Å². The van der Waals surface area contributed by atoms with Gasteiger partial charge in [-0.3, -0.25) is 9.69 Å². The number of hydrogen-bond acceptors (Lipinski definition) is 4. The standard InChI is InChI=1S/C26H33ClN2O3/c1-19(2)15-29(18-22-13-24-25(14-23(22)27)32-12-6-11-31-24)26(30)21-9-10-28(17-21)16-20-7-4-3-5-8-20/h3-5,7-8,13-14,19,21H,6,9-12,15-18H2,1-2H3. The van der Waals surface area contributed by atoms with E-state index in [1.54, 1.807) is 0 Å². The predicted molar refractivity (Wildman–Crippen MR) is 127 cm³/mol. The van der Waals surface area contributed by atoms with Gasteiger partial charge in [-0.25, -0.2) is 0 Å². The maximum Gasteiger partial charge on any atom is 0.227 e. The first-order valence-electron chi connectivity index (χ1n) is 11.6. The van der Waals surface area contributed by atoms with Crippen molar-refractivity contribution in [1.82, 2.24) is 9.80 Å². The monoisotopic (exact) mass is 456 g/mol. The lowest BCUT2D eigenvalue weighted by molar-refractivity contribution is -0.136. The molecule has 2 heterocycles. The van der Waals surface area contributed by atoms with Gasteiger partial charge in [0.2, 0.25) is 5.91 Å². The van der Waals surface area contributed by atoms with Gasteiger partial charge in [-0.05, 0) is 36.1 Å². The zero-order valence-corrected chi connectivity index (χ0v) is 19.8. The normalized spacial score (nSPS) is 18.6. The summed E-state index contributed by atoms with van der Waals surface area (Å²) in [6.45, 7) is 9.38. The van der Waals surface area contributed by atoms with Crippen LogP contribution in [0.25, 0.3) is 0 Å². The maximum absolute atomic E-state index is 13.5. The molecule has 2 aliphatic heterocycles. The van der Waals surface area contributed by atoms with Gasteiger partial charge in [0.05, 0.1) is 19.1 Å². The molecule has 1 amide bonds. The number of amides is 1. The minimum absolute atomic E-state index is 0.0247. The van der Waals surface area contributed by atoms with E-state index in [4.69, 9.17) is 21.1 Å². The van der Waals surface area contributed by atoms with Crippen molar-refractivity contribution in [2.75, 3.05) is 32.8 Å². The van der Waals surface area contributed by atoms with Crippen LogP contribution in [0.3, 0.4) is 0 Å². The molecule has 1 saturated heterocycles. The van der Waals surface area contributed by atoms with Crippen molar-refractivity contribution in [2.45, 2.75) is 39.8 Å². The number of likely N-dealkylation sites (tertiary alicyclic amines) is 1. The number of carbonyl (C=O) groups excluding carboxylic acids is 1. The molecule has 0 spiro atoms. The van der Waals surface area contributed by atoms with Crippen molar-refractivity contribution >= 4 is 17.5 Å². The molecule has 1 atom stereocenters. The van der Waals surface area contributed by atoms with Gasteiger partial charge in [-0.2, -0.15) is 0 Å². The van der Waals surface area contributed by atoms with Crippen molar-refractivity contribution < 1.29 is 14.3 Å². The molecule has 2 aromatic rings. The summed E-state index contributed by atoms with van der Waals surface area (Å²) in [5.74, 6) is 2.02. The number of fused-ring (bicyclic) bond motifs is 1. The lowest BCUT2D eigenvalue weighted by Crippen LogP contribution is -2.39. The lowest BCUT2D eigenvalue weighted by Gasteiger charge is -2.28. The second-order valence-electron chi connectivity index (χ2n) is 9.26. The molecular weight excluding hydrogens is 424 g/mol. The highest BCUT2D eigenvalue weighted by atomic mass is 35.5. The van der Waals surface area contributed by atoms with E-state index >= 15 is 0 Å². The number of carbonyl (C=O) groups is 1. The SMILES string of the molecule is CC(C)CN(Cc1cc2c(cc1Cl)OCCCO2)C(=O)C1CCN(Cc2ccccc2)C1. The number of rotatable bonds is 7. The van der Waals surface area contributed by atoms with E-state index in [0.29, 0.717) is 48.7 Å². The Kier molecular flexibility index (Phi) is 7.59. The van der Waals surface area contributed by atoms with Gasteiger partial charge in [-0.1, -0.05) is 55.8 Å². The van der Waals surface area contributed by atoms with E-state index in [9.17, 15) is 4.79 Å². The Bertz CT molecular complexity index is 919. The van der Waals surface area contributed by atoms with Gasteiger partial charge >= 0.3 is 0 Å². The predicted octanol–water partition coefficient (Wildman–Crippen LogP) is 5.01. The fourth-order valence-electron chi connectivity index (χ4n) is 4.50. The lowest BCUT2D eigenvalue weighted by atomic mass is 10.0. The van der Waals surface area contributed by atoms with Crippen LogP contribution < -0.4 is 9.47 Å². The van der Waals surface area contributed by atoms with Gasteiger partial charge in [0.15, 0.2) is 11.5 Å². The third kappa shape index (κ3) is 5.76. The van der Waals surface area contributed by atoms with Gasteiger partial charge in [0.25, 0.3) is 0 Å². The molecule has 6 heteroatoms. The van der Waals surface area contributed by atoms with Crippen LogP contribution in [0.4, 0.5) is 0 Å². The van der Waals surface area contributed by atoms with Gasteiger partial charge in [0, 0.05) is 43.7 Å². The van der Waals surface area contributed by atoms with Crippen LogP contribution >= 0.6 is 11.6 Å². The Hall–Kier alpha value is -2.24. The molecule has 0 N–H and O–H groups in total. The number of ether oxygens (including phenoxy) is 2. The van der Waals surface area contributed by atoms with Gasteiger partial charge in [0.1, 0.15) is 0 Å². The first kappa shape index (κ1) is 22.9. The summed E-state index contributed by atoms with van der Waals surface area (Å²) >= 11 is 6.59. The highest BCUT2D eigenvalue weighted by Gasteiger charge is 2.32. The molecule has 0 aliphatic carbocycles. The summed E-state index contributed by atoms with van der Waals surface area (Å²) in [7, 11) is 0. The largest absolute Gasteiger partial charge is 0.490 e. The minimum atomic E-state index is 0.0247. The van der Waals surface area contributed by atoms with Gasteiger partial charge < -0.3 is 14.4 Å². The van der Waals surface area contributed by atoms with Gasteiger partial charge in [-0.15, -0.1) is 0 Å². The Morgan fingerprint density at radius 1 is 1.16 bits per heavy atom. The fourth-order valence-corrected chi connectivity index (χ4v) is 4.72. The molecule has 0 bridgehead atoms. The van der Waals surface area contributed by atoms with Crippen molar-refractivity contribution in [3.8, 4) is 11.5 Å². The summed E-state index contributed by atoms with van der Waals surface area (Å²) in [5, 5.41) is 0.618. The van der Waals surface area contributed by atoms with Crippen molar-refractivity contribution in [1.29, 1.82) is 0 Å². The number of hydrogen-bond donors (Lipinski definition) is 0. The molecule has 0 aromatic heterocycles. The molecule has 32 heavy (non-hydrogen) atoms. The van der Waals surface area contributed by atoms with E-state index in [1.165, 1.54) is 5.56 Å². The van der Waals surface area contributed by atoms with Crippen molar-refractivity contribution in [2.24, 2.45) is 11.8 Å². The first-order chi connectivity index (χ1) is 15.5. The Morgan fingerprint density at radius 2 is 1.88 bits per heavy atom. The average Bonchev–Trinajstić information content (AvgIpc) is 3.11. The topological polar surface area (TPSA) is 42.0 Å². The van der Waals surface area contributed by atoms with Crippen LogP contribution in [0.1, 0.15) is 37.8 Å². The summed E-state index contributed by atoms with van der Waals surface area (Å²) in [6, 6.07) is 14.2. The van der Waals surface area contributed by atoms with Crippen LogP contribution in [-0.4, -0.2) is 48.6 Å². The van der Waals surface area contributed by atoms with Crippen LogP contribution in [0.15, 0.2) is 42.5 Å². The van der Waals surface area contributed by atoms with E-state index in [2.05, 4.69) is 43.0 Å². The second-order valence-corrected chi connectivity index (χ2v) is 9.67. The van der Waals surface area contributed by atoms with Crippen LogP contribution in [0.2, 0.25) is 5.02 Å². The number of nitrogens with zero attached hydrogens (tertiary/aromatic N) is 2. The number of halogens is 1. The van der Waals surface area contributed by atoms with Crippen LogP contribution in [-0.2, 0) is 17.9 Å². The first-order valence-corrected chi connectivity index (χ1v) is 12.0. The summed E-state index contributed by atoms with van der Waals surface area (Å²) in [6.07, 6.45) is 1.75. The number of benzene rings is 2. The highest BCUT2D eigenvalue weighted by molar-refractivity contribution is 6.31. The molecule has 1 unspecified atom stereocenters. The van der Waals surface area contributed by atoms with E-state index in [0.717, 1.165) is 38.0 Å². The van der Waals surface area contributed by atoms with Crippen LogP contribution in [0.5, 0.6) is 11.5 Å². The molecular formula is C26H33ClN2O3. The Balaban J connectivity index is 1.45. The van der Waals surface area contributed by atoms with Crippen LogP contribution in [0, 0.1) is 11.8 Å². The molecule has 2 aromatic carbocycles. The third-order valence-corrected chi connectivity index (χ3v) is 6.40. The zero-order chi connectivity index (χ0) is 22.5. The molecule has 2 aliphatic rings. The highest BCUT2D eigenvalue weighted by Crippen LogP contribution is 2.36. The van der Waals surface area contributed by atoms with E-state index in [-0.39, 0.29) is 11.8 Å². The quantitative estimate of drug-likeness (QED) is 0.587. The summed E-state index contributed by atoms with van der Waals surface area (Å²) in [4.78, 5) is 17.9. The van der Waals surface area contributed by atoms with Crippen molar-refractivity contribution in [3.63, 3.8) is 0 Å². The Labute approximate surface area is 196 Å². The molecule has 0 radical (unpaired) electrons. The summed E-state index contributed by atoms with van der Waals surface area (Å²) in [5.41, 5.74) is 2.20.